The van der Waals surface area contributed by atoms with Crippen molar-refractivity contribution in [1.82, 2.24) is 0 Å². The van der Waals surface area contributed by atoms with Crippen LogP contribution in [-0.2, 0) is 12.8 Å². The van der Waals surface area contributed by atoms with E-state index in [1.807, 2.05) is 18.2 Å². The summed E-state index contributed by atoms with van der Waals surface area (Å²) in [5, 5.41) is 17.3. The number of benzene rings is 6. The predicted molar refractivity (Wildman–Crippen MR) is 204 cm³/mol. The second-order valence-electron chi connectivity index (χ2n) is 13.6. The molecule has 2 aliphatic rings. The number of rotatable bonds is 8. The van der Waals surface area contributed by atoms with Crippen molar-refractivity contribution in [3.8, 4) is 11.5 Å². The van der Waals surface area contributed by atoms with Gasteiger partial charge in [-0.1, -0.05) is 91.3 Å². The summed E-state index contributed by atoms with van der Waals surface area (Å²) in [4.78, 5) is 0. The Morgan fingerprint density at radius 3 is 1.54 bits per heavy atom. The van der Waals surface area contributed by atoms with Gasteiger partial charge in [-0.2, -0.15) is 0 Å². The molecule has 0 aromatic heterocycles. The van der Waals surface area contributed by atoms with Crippen molar-refractivity contribution in [2.24, 2.45) is 11.8 Å². The van der Waals surface area contributed by atoms with Gasteiger partial charge in [0.2, 0.25) is 0 Å². The van der Waals surface area contributed by atoms with Gasteiger partial charge >= 0.3 is 0 Å². The molecule has 6 aromatic rings. The van der Waals surface area contributed by atoms with Crippen LogP contribution in [0, 0.1) is 35.1 Å². The molecule has 3 atom stereocenters. The van der Waals surface area contributed by atoms with Crippen molar-refractivity contribution >= 4 is 47.7 Å². The lowest BCUT2D eigenvalue weighted by Gasteiger charge is -2.43. The molecule has 2 unspecified atom stereocenters. The largest absolute Gasteiger partial charge is 0.507 e. The maximum Gasteiger partial charge on any atom is 0.131 e. The molecule has 262 valence electrons. The summed E-state index contributed by atoms with van der Waals surface area (Å²) in [6.07, 6.45) is 4.44. The SMILES string of the molecule is Oc1c(C[C@H]2CCCC3Cc4cccc(P(c5ccc(F)cc5)c5ccc(F)cc5)c4OC32)cccc1P(c1ccc(F)cc1)c1ccc(F)cc1. The number of ether oxygens (including phenoxy) is 1. The molecule has 1 saturated carbocycles. The molecular formula is C44H36F4O2P2. The van der Waals surface area contributed by atoms with Gasteiger partial charge in [0.1, 0.15) is 40.9 Å². The van der Waals surface area contributed by atoms with Crippen LogP contribution in [0.3, 0.4) is 0 Å². The van der Waals surface area contributed by atoms with Crippen molar-refractivity contribution in [2.75, 3.05) is 0 Å². The van der Waals surface area contributed by atoms with Gasteiger partial charge in [0.05, 0.1) is 0 Å². The van der Waals surface area contributed by atoms with Crippen molar-refractivity contribution in [1.29, 1.82) is 0 Å². The Bertz CT molecular complexity index is 2080. The summed E-state index contributed by atoms with van der Waals surface area (Å²) in [5.74, 6) is 0.184. The van der Waals surface area contributed by atoms with Gasteiger partial charge in [0.15, 0.2) is 0 Å². The molecule has 1 fully saturated rings. The Balaban J connectivity index is 1.14. The molecule has 1 aliphatic heterocycles. The summed E-state index contributed by atoms with van der Waals surface area (Å²) >= 11 is 0. The normalized spacial score (nSPS) is 18.2. The first kappa shape index (κ1) is 34.6. The molecule has 1 aliphatic carbocycles. The van der Waals surface area contributed by atoms with E-state index in [1.54, 1.807) is 48.5 Å². The minimum absolute atomic E-state index is 0.0838. The summed E-state index contributed by atoms with van der Waals surface area (Å²) in [5.41, 5.74) is 1.97. The van der Waals surface area contributed by atoms with Crippen LogP contribution in [0.4, 0.5) is 17.6 Å². The molecule has 8 heteroatoms. The Kier molecular flexibility index (Phi) is 9.88. The maximum absolute atomic E-state index is 14.1. The Morgan fingerprint density at radius 2 is 1.02 bits per heavy atom. The highest BCUT2D eigenvalue weighted by Gasteiger charge is 2.40. The number of para-hydroxylation sites is 2. The summed E-state index contributed by atoms with van der Waals surface area (Å²) in [6, 6.07) is 37.8. The van der Waals surface area contributed by atoms with Crippen molar-refractivity contribution in [3.05, 3.63) is 168 Å². The van der Waals surface area contributed by atoms with E-state index >= 15 is 0 Å². The van der Waals surface area contributed by atoms with Crippen molar-refractivity contribution < 1.29 is 27.4 Å². The van der Waals surface area contributed by atoms with Gasteiger partial charge in [-0.3, -0.25) is 0 Å². The van der Waals surface area contributed by atoms with E-state index in [2.05, 4.69) is 18.2 Å². The standard InChI is InChI=1S/C44H36F4O2P2/c45-32-10-18-36(19-11-32)51(37-20-12-33(46)13-21-37)40-8-2-4-28(42(40)49)26-29-5-1-6-30-27-31-7-3-9-41(44(31)50-43(29)30)52(38-22-14-34(47)15-23-38)39-24-16-35(48)17-25-39/h2-4,7-25,29-30,43,49H,1,5-6,26-27H2/t29-,30?,43?/m1/s1. The zero-order chi connectivity index (χ0) is 35.8. The van der Waals surface area contributed by atoms with Gasteiger partial charge < -0.3 is 9.84 Å². The van der Waals surface area contributed by atoms with Crippen LogP contribution >= 0.6 is 15.8 Å². The van der Waals surface area contributed by atoms with Gasteiger partial charge in [-0.25, -0.2) is 17.6 Å². The number of aromatic hydroxyl groups is 1. The number of fused-ring (bicyclic) bond motifs is 2. The van der Waals surface area contributed by atoms with Crippen LogP contribution in [0.15, 0.2) is 133 Å². The van der Waals surface area contributed by atoms with E-state index in [9.17, 15) is 22.7 Å². The summed E-state index contributed by atoms with van der Waals surface area (Å²) in [7, 11) is -2.48. The Labute approximate surface area is 303 Å². The lowest BCUT2D eigenvalue weighted by Crippen LogP contribution is -2.44. The molecular weight excluding hydrogens is 698 g/mol. The first-order valence-corrected chi connectivity index (χ1v) is 20.2. The third kappa shape index (κ3) is 6.99. The molecule has 0 amide bonds. The number of hydrogen-bond acceptors (Lipinski definition) is 2. The highest BCUT2D eigenvalue weighted by atomic mass is 31.1. The lowest BCUT2D eigenvalue weighted by atomic mass is 9.72. The zero-order valence-electron chi connectivity index (χ0n) is 28.2. The predicted octanol–water partition coefficient (Wildman–Crippen LogP) is 8.43. The molecule has 0 spiro atoms. The molecule has 52 heavy (non-hydrogen) atoms. The van der Waals surface area contributed by atoms with Gasteiger partial charge in [0.25, 0.3) is 0 Å². The first-order chi connectivity index (χ1) is 25.3. The van der Waals surface area contributed by atoms with Gasteiger partial charge in [-0.15, -0.1) is 0 Å². The summed E-state index contributed by atoms with van der Waals surface area (Å²) in [6.45, 7) is 0. The van der Waals surface area contributed by atoms with Crippen LogP contribution in [-0.4, -0.2) is 11.2 Å². The number of hydrogen-bond donors (Lipinski definition) is 1. The van der Waals surface area contributed by atoms with Gasteiger partial charge in [-0.05, 0) is 122 Å². The number of phenols is 1. The van der Waals surface area contributed by atoms with E-state index in [1.165, 1.54) is 48.5 Å². The minimum atomic E-state index is -1.30. The molecule has 2 nitrogen and oxygen atoms in total. The quantitative estimate of drug-likeness (QED) is 0.126. The van der Waals surface area contributed by atoms with E-state index < -0.39 is 15.8 Å². The van der Waals surface area contributed by atoms with Crippen molar-refractivity contribution in [3.63, 3.8) is 0 Å². The van der Waals surface area contributed by atoms with Crippen LogP contribution in [0.5, 0.6) is 11.5 Å². The maximum atomic E-state index is 14.1. The monoisotopic (exact) mass is 734 g/mol. The van der Waals surface area contributed by atoms with Crippen molar-refractivity contribution in [2.45, 2.75) is 38.2 Å². The molecule has 1 N–H and O–H groups in total. The van der Waals surface area contributed by atoms with Crippen LogP contribution < -0.4 is 36.6 Å². The fraction of sp³-hybridized carbons (Fsp3) is 0.182. The highest BCUT2D eigenvalue weighted by Crippen LogP contribution is 2.46. The fourth-order valence-electron chi connectivity index (χ4n) is 7.87. The Hall–Kier alpha value is -4.50. The van der Waals surface area contributed by atoms with E-state index in [0.717, 1.165) is 74.4 Å². The molecule has 1 heterocycles. The second kappa shape index (κ2) is 14.9. The van der Waals surface area contributed by atoms with E-state index in [-0.39, 0.29) is 41.0 Å². The summed E-state index contributed by atoms with van der Waals surface area (Å²) < 4.78 is 63.2. The van der Waals surface area contributed by atoms with Crippen LogP contribution in [0.25, 0.3) is 0 Å². The molecule has 8 rings (SSSR count). The number of halogens is 4. The highest BCUT2D eigenvalue weighted by molar-refractivity contribution is 7.80. The molecule has 0 saturated heterocycles. The third-order valence-corrected chi connectivity index (χ3v) is 15.2. The smallest absolute Gasteiger partial charge is 0.131 e. The molecule has 0 radical (unpaired) electrons. The average molecular weight is 735 g/mol. The average Bonchev–Trinajstić information content (AvgIpc) is 3.16. The first-order valence-electron chi connectivity index (χ1n) is 17.5. The van der Waals surface area contributed by atoms with Gasteiger partial charge in [0, 0.05) is 22.4 Å². The third-order valence-electron chi connectivity index (χ3n) is 10.3. The number of phenolic OH excluding ortho intramolecular Hbond substituents is 1. The molecule has 0 bridgehead atoms. The molecule has 6 aromatic carbocycles. The Morgan fingerprint density at radius 1 is 0.558 bits per heavy atom. The second-order valence-corrected chi connectivity index (χ2v) is 17.9. The van der Waals surface area contributed by atoms with E-state index in [4.69, 9.17) is 4.74 Å². The minimum Gasteiger partial charge on any atom is -0.507 e. The zero-order valence-corrected chi connectivity index (χ0v) is 30.0. The van der Waals surface area contributed by atoms with Crippen LogP contribution in [0.1, 0.15) is 30.4 Å². The topological polar surface area (TPSA) is 29.5 Å². The lowest BCUT2D eigenvalue weighted by molar-refractivity contribution is 0.0253. The van der Waals surface area contributed by atoms with Crippen LogP contribution in [0.2, 0.25) is 0 Å². The fourth-order valence-corrected chi connectivity index (χ4v) is 12.6. The van der Waals surface area contributed by atoms with E-state index in [0.29, 0.717) is 12.3 Å².